The van der Waals surface area contributed by atoms with Crippen LogP contribution in [0.4, 0.5) is 0 Å². The van der Waals surface area contributed by atoms with Gasteiger partial charge in [0.1, 0.15) is 0 Å². The normalized spacial score (nSPS) is 7.06. The van der Waals surface area contributed by atoms with Crippen LogP contribution in [0.5, 0.6) is 0 Å². The highest BCUT2D eigenvalue weighted by Gasteiger charge is 2.08. The largest absolute Gasteiger partial charge is 0.451 e. The van der Waals surface area contributed by atoms with Crippen LogP contribution in [0.15, 0.2) is 25.3 Å². The molecule has 0 saturated carbocycles. The van der Waals surface area contributed by atoms with Crippen molar-refractivity contribution in [2.24, 2.45) is 0 Å². The van der Waals surface area contributed by atoms with Crippen molar-refractivity contribution in [2.75, 3.05) is 6.61 Å². The number of carbonyl (C=O) groups excluding carboxylic acids is 3. The van der Waals surface area contributed by atoms with E-state index in [-0.39, 0.29) is 0 Å². The van der Waals surface area contributed by atoms with Crippen LogP contribution in [0, 0.1) is 0 Å². The van der Waals surface area contributed by atoms with Crippen molar-refractivity contribution in [2.45, 2.75) is 27.7 Å². The van der Waals surface area contributed by atoms with E-state index in [2.05, 4.69) is 22.6 Å². The summed E-state index contributed by atoms with van der Waals surface area (Å²) in [5, 5.41) is 0. The molecule has 0 aliphatic carbocycles. The summed E-state index contributed by atoms with van der Waals surface area (Å²) in [5.74, 6) is -2.61. The third-order valence-electron chi connectivity index (χ3n) is 0.880. The van der Waals surface area contributed by atoms with Crippen LogP contribution in [-0.2, 0) is 23.9 Å². The number of hydrogen-bond acceptors (Lipinski definition) is 5. The molecule has 0 aromatic rings. The third-order valence-corrected chi connectivity index (χ3v) is 0.880. The van der Waals surface area contributed by atoms with Crippen molar-refractivity contribution in [3.63, 3.8) is 0 Å². The second-order valence-electron chi connectivity index (χ2n) is 1.81. The lowest BCUT2D eigenvalue weighted by Gasteiger charge is -1.99. The molecule has 0 aliphatic heterocycles. The van der Waals surface area contributed by atoms with Crippen LogP contribution in [0.1, 0.15) is 27.7 Å². The van der Waals surface area contributed by atoms with Crippen LogP contribution in [-0.4, -0.2) is 24.5 Å². The van der Waals surface area contributed by atoms with E-state index in [0.29, 0.717) is 0 Å². The Kier molecular flexibility index (Phi) is 19.9. The standard InChI is InChI=1S/C8H8O5.2C2H6/c1-3-6(9)12-5-8(11)13-7(10)4-2;2*1-2/h3-4H,1-2,5H2;2*1-2H3. The molecule has 0 rings (SSSR count). The maximum Gasteiger partial charge on any atom is 0.352 e. The molecule has 0 saturated heterocycles. The monoisotopic (exact) mass is 244 g/mol. The van der Waals surface area contributed by atoms with Gasteiger partial charge in [-0.1, -0.05) is 40.9 Å². The number of carbonyl (C=O) groups is 3. The minimum atomic E-state index is -0.958. The lowest BCUT2D eigenvalue weighted by atomic mass is 10.6. The van der Waals surface area contributed by atoms with E-state index in [4.69, 9.17) is 0 Å². The van der Waals surface area contributed by atoms with Gasteiger partial charge >= 0.3 is 17.9 Å². The molecule has 0 aliphatic rings. The van der Waals surface area contributed by atoms with E-state index in [1.54, 1.807) is 0 Å². The first-order valence-electron chi connectivity index (χ1n) is 5.26. The van der Waals surface area contributed by atoms with E-state index < -0.39 is 24.5 Å². The summed E-state index contributed by atoms with van der Waals surface area (Å²) in [6, 6.07) is 0. The van der Waals surface area contributed by atoms with E-state index in [1.807, 2.05) is 27.7 Å². The lowest BCUT2D eigenvalue weighted by Crippen LogP contribution is -2.17. The topological polar surface area (TPSA) is 69.7 Å². The van der Waals surface area contributed by atoms with Gasteiger partial charge in [0.05, 0.1) is 0 Å². The molecular formula is C12H20O5. The summed E-state index contributed by atoms with van der Waals surface area (Å²) in [4.78, 5) is 31.5. The first-order valence-corrected chi connectivity index (χ1v) is 5.26. The zero-order chi connectivity index (χ0) is 14.3. The van der Waals surface area contributed by atoms with Gasteiger partial charge in [-0.3, -0.25) is 0 Å². The fraction of sp³-hybridized carbons (Fsp3) is 0.417. The Morgan fingerprint density at radius 2 is 1.35 bits per heavy atom. The van der Waals surface area contributed by atoms with Gasteiger partial charge in [0.25, 0.3) is 0 Å². The molecule has 0 bridgehead atoms. The van der Waals surface area contributed by atoms with Gasteiger partial charge in [-0.05, 0) is 0 Å². The predicted molar refractivity (Wildman–Crippen MR) is 65.1 cm³/mol. The molecule has 0 aromatic carbocycles. The molecule has 98 valence electrons. The highest BCUT2D eigenvalue weighted by molar-refractivity contribution is 5.93. The van der Waals surface area contributed by atoms with Gasteiger partial charge in [-0.2, -0.15) is 0 Å². The minimum absolute atomic E-state index is 0.621. The second-order valence-corrected chi connectivity index (χ2v) is 1.81. The highest BCUT2D eigenvalue weighted by Crippen LogP contribution is 1.85. The lowest BCUT2D eigenvalue weighted by molar-refractivity contribution is -0.163. The van der Waals surface area contributed by atoms with Crippen molar-refractivity contribution in [1.29, 1.82) is 0 Å². The fourth-order valence-corrected chi connectivity index (χ4v) is 0.372. The third kappa shape index (κ3) is 16.7. The van der Waals surface area contributed by atoms with E-state index >= 15 is 0 Å². The van der Waals surface area contributed by atoms with E-state index in [9.17, 15) is 14.4 Å². The van der Waals surface area contributed by atoms with Crippen molar-refractivity contribution in [3.8, 4) is 0 Å². The summed E-state index contributed by atoms with van der Waals surface area (Å²) in [5.41, 5.74) is 0. The zero-order valence-electron chi connectivity index (χ0n) is 10.8. The SMILES string of the molecule is C=CC(=O)OCC(=O)OC(=O)C=C.CC.CC. The predicted octanol–water partition coefficient (Wildman–Crippen LogP) is 2.02. The summed E-state index contributed by atoms with van der Waals surface area (Å²) < 4.78 is 8.37. The summed E-state index contributed by atoms with van der Waals surface area (Å²) >= 11 is 0. The van der Waals surface area contributed by atoms with Crippen LogP contribution in [0.3, 0.4) is 0 Å². The van der Waals surface area contributed by atoms with Crippen molar-refractivity contribution in [3.05, 3.63) is 25.3 Å². The van der Waals surface area contributed by atoms with Crippen LogP contribution < -0.4 is 0 Å². The van der Waals surface area contributed by atoms with Gasteiger partial charge in [-0.15, -0.1) is 0 Å². The van der Waals surface area contributed by atoms with Gasteiger partial charge in [-0.25, -0.2) is 14.4 Å². The van der Waals surface area contributed by atoms with Crippen LogP contribution in [0.2, 0.25) is 0 Å². The maximum atomic E-state index is 10.6. The molecule has 0 atom stereocenters. The number of rotatable bonds is 4. The van der Waals surface area contributed by atoms with Crippen molar-refractivity contribution < 1.29 is 23.9 Å². The smallest absolute Gasteiger partial charge is 0.352 e. The van der Waals surface area contributed by atoms with Gasteiger partial charge < -0.3 is 9.47 Å². The minimum Gasteiger partial charge on any atom is -0.451 e. The summed E-state index contributed by atoms with van der Waals surface area (Å²) in [6.07, 6.45) is 1.72. The molecule has 0 spiro atoms. The second kappa shape index (κ2) is 16.5. The molecule has 0 aromatic heterocycles. The molecule has 0 fully saturated rings. The Hall–Kier alpha value is -1.91. The van der Waals surface area contributed by atoms with Gasteiger partial charge in [0, 0.05) is 12.2 Å². The van der Waals surface area contributed by atoms with Crippen LogP contribution >= 0.6 is 0 Å². The average Bonchev–Trinajstić information content (AvgIpc) is 2.40. The quantitative estimate of drug-likeness (QED) is 0.430. The summed E-state index contributed by atoms with van der Waals surface area (Å²) in [7, 11) is 0. The average molecular weight is 244 g/mol. The molecule has 0 unspecified atom stereocenters. The molecule has 5 nitrogen and oxygen atoms in total. The fourth-order valence-electron chi connectivity index (χ4n) is 0.372. The Morgan fingerprint density at radius 1 is 0.941 bits per heavy atom. The highest BCUT2D eigenvalue weighted by atomic mass is 16.6. The van der Waals surface area contributed by atoms with Gasteiger partial charge in [0.2, 0.25) is 0 Å². The Labute approximate surface area is 102 Å². The number of esters is 3. The zero-order valence-corrected chi connectivity index (χ0v) is 10.8. The molecule has 17 heavy (non-hydrogen) atoms. The molecule has 0 N–H and O–H groups in total. The van der Waals surface area contributed by atoms with Crippen LogP contribution in [0.25, 0.3) is 0 Å². The van der Waals surface area contributed by atoms with E-state index in [1.165, 1.54) is 0 Å². The molecular weight excluding hydrogens is 224 g/mol. The maximum absolute atomic E-state index is 10.6. The molecule has 0 radical (unpaired) electrons. The number of ether oxygens (including phenoxy) is 2. The van der Waals surface area contributed by atoms with Gasteiger partial charge in [0.15, 0.2) is 6.61 Å². The Morgan fingerprint density at radius 3 is 1.71 bits per heavy atom. The number of hydrogen-bond donors (Lipinski definition) is 0. The summed E-state index contributed by atoms with van der Waals surface area (Å²) in [6.45, 7) is 13.6. The Balaban J connectivity index is -0.000000439. The molecule has 0 heterocycles. The Bertz CT molecular complexity index is 256. The van der Waals surface area contributed by atoms with Crippen molar-refractivity contribution >= 4 is 17.9 Å². The first-order chi connectivity index (χ1) is 8.10. The first kappa shape index (κ1) is 20.5. The molecule has 0 amide bonds. The van der Waals surface area contributed by atoms with Crippen molar-refractivity contribution in [1.82, 2.24) is 0 Å². The van der Waals surface area contributed by atoms with E-state index in [0.717, 1.165) is 12.2 Å². The molecule has 5 heteroatoms.